The lowest BCUT2D eigenvalue weighted by Gasteiger charge is -2.38. The molecule has 0 aromatic heterocycles. The molecular formula is C25H36N4O3. The van der Waals surface area contributed by atoms with Gasteiger partial charge in [0.25, 0.3) is 0 Å². The summed E-state index contributed by atoms with van der Waals surface area (Å²) in [6.07, 6.45) is 2.15. The summed E-state index contributed by atoms with van der Waals surface area (Å²) in [6.45, 7) is 4.89. The highest BCUT2D eigenvalue weighted by atomic mass is 16.5. The Kier molecular flexibility index (Phi) is 8.62. The predicted octanol–water partition coefficient (Wildman–Crippen LogP) is 3.43. The molecule has 2 aromatic rings. The van der Waals surface area contributed by atoms with Crippen molar-refractivity contribution in [1.82, 2.24) is 15.5 Å². The smallest absolute Gasteiger partial charge is 0.191 e. The molecule has 0 bridgehead atoms. The Hall–Kier alpha value is -2.93. The fourth-order valence-electron chi connectivity index (χ4n) is 4.22. The van der Waals surface area contributed by atoms with Gasteiger partial charge in [0, 0.05) is 44.4 Å². The fraction of sp³-hybridized carbons (Fsp3) is 0.480. The van der Waals surface area contributed by atoms with Crippen molar-refractivity contribution >= 4 is 5.96 Å². The van der Waals surface area contributed by atoms with Gasteiger partial charge in [0.2, 0.25) is 0 Å². The second-order valence-corrected chi connectivity index (χ2v) is 8.11. The quantitative estimate of drug-likeness (QED) is 0.484. The second kappa shape index (κ2) is 11.6. The van der Waals surface area contributed by atoms with Crippen LogP contribution in [-0.2, 0) is 13.1 Å². The van der Waals surface area contributed by atoms with E-state index in [1.165, 1.54) is 5.56 Å². The molecule has 1 aliphatic rings. The third kappa shape index (κ3) is 6.07. The first-order valence-electron chi connectivity index (χ1n) is 11.1. The number of piperidine rings is 1. The summed E-state index contributed by atoms with van der Waals surface area (Å²) >= 11 is 0. The summed E-state index contributed by atoms with van der Waals surface area (Å²) < 4.78 is 16.4. The van der Waals surface area contributed by atoms with E-state index < -0.39 is 0 Å². The number of guanidine groups is 1. The van der Waals surface area contributed by atoms with Crippen LogP contribution >= 0.6 is 0 Å². The van der Waals surface area contributed by atoms with Crippen LogP contribution in [0.2, 0.25) is 0 Å². The van der Waals surface area contributed by atoms with Crippen LogP contribution in [0.1, 0.15) is 30.9 Å². The van der Waals surface area contributed by atoms with Crippen LogP contribution in [0.3, 0.4) is 0 Å². The lowest BCUT2D eigenvalue weighted by atomic mass is 9.97. The molecule has 1 saturated heterocycles. The van der Waals surface area contributed by atoms with E-state index in [9.17, 15) is 0 Å². The molecule has 7 nitrogen and oxygen atoms in total. The highest BCUT2D eigenvalue weighted by molar-refractivity contribution is 5.80. The minimum Gasteiger partial charge on any atom is -0.496 e. The number of ether oxygens (including phenoxy) is 3. The van der Waals surface area contributed by atoms with Crippen LogP contribution in [0.4, 0.5) is 0 Å². The maximum absolute atomic E-state index is 5.56. The predicted molar refractivity (Wildman–Crippen MR) is 129 cm³/mol. The number of benzene rings is 2. The Morgan fingerprint density at radius 3 is 2.31 bits per heavy atom. The maximum Gasteiger partial charge on any atom is 0.191 e. The van der Waals surface area contributed by atoms with Gasteiger partial charge >= 0.3 is 0 Å². The number of aliphatic imine (C=N–C) groups is 1. The average Bonchev–Trinajstić information content (AvgIpc) is 2.83. The van der Waals surface area contributed by atoms with E-state index >= 15 is 0 Å². The molecule has 0 radical (unpaired) electrons. The zero-order chi connectivity index (χ0) is 22.9. The van der Waals surface area contributed by atoms with Gasteiger partial charge in [-0.2, -0.15) is 0 Å². The van der Waals surface area contributed by atoms with Crippen molar-refractivity contribution in [2.45, 2.75) is 44.9 Å². The molecule has 2 atom stereocenters. The molecule has 2 unspecified atom stereocenters. The van der Waals surface area contributed by atoms with Crippen molar-refractivity contribution in [3.8, 4) is 17.2 Å². The summed E-state index contributed by atoms with van der Waals surface area (Å²) in [5.41, 5.74) is 2.29. The molecule has 1 fully saturated rings. The van der Waals surface area contributed by atoms with Gasteiger partial charge in [0.1, 0.15) is 17.2 Å². The summed E-state index contributed by atoms with van der Waals surface area (Å²) in [6, 6.07) is 15.3. The van der Waals surface area contributed by atoms with E-state index in [0.29, 0.717) is 35.9 Å². The second-order valence-electron chi connectivity index (χ2n) is 8.11. The van der Waals surface area contributed by atoms with Crippen LogP contribution in [-0.4, -0.2) is 57.9 Å². The summed E-state index contributed by atoms with van der Waals surface area (Å²) in [5, 5.41) is 7.00. The highest BCUT2D eigenvalue weighted by Gasteiger charge is 2.26. The average molecular weight is 441 g/mol. The van der Waals surface area contributed by atoms with Crippen molar-refractivity contribution < 1.29 is 14.2 Å². The van der Waals surface area contributed by atoms with Gasteiger partial charge < -0.3 is 24.8 Å². The topological polar surface area (TPSA) is 67.4 Å². The summed E-state index contributed by atoms with van der Waals surface area (Å²) in [7, 11) is 6.72. The van der Waals surface area contributed by atoms with Crippen molar-refractivity contribution in [1.29, 1.82) is 0 Å². The number of hydrogen-bond donors (Lipinski definition) is 2. The number of likely N-dealkylation sites (tertiary alicyclic amines) is 1. The van der Waals surface area contributed by atoms with Crippen LogP contribution < -0.4 is 24.8 Å². The van der Waals surface area contributed by atoms with Crippen LogP contribution in [0, 0.1) is 0 Å². The molecule has 32 heavy (non-hydrogen) atoms. The van der Waals surface area contributed by atoms with E-state index in [1.807, 2.05) is 12.1 Å². The van der Waals surface area contributed by atoms with Crippen LogP contribution in [0.5, 0.6) is 17.2 Å². The molecule has 3 rings (SSSR count). The van der Waals surface area contributed by atoms with E-state index in [4.69, 9.17) is 14.2 Å². The Morgan fingerprint density at radius 2 is 1.75 bits per heavy atom. The molecule has 1 heterocycles. The lowest BCUT2D eigenvalue weighted by molar-refractivity contribution is 0.134. The van der Waals surface area contributed by atoms with Gasteiger partial charge in [-0.15, -0.1) is 0 Å². The van der Waals surface area contributed by atoms with Gasteiger partial charge in [-0.25, -0.2) is 0 Å². The molecule has 0 amide bonds. The molecule has 2 aromatic carbocycles. The van der Waals surface area contributed by atoms with Gasteiger partial charge in [-0.05, 0) is 25.3 Å². The first-order valence-corrected chi connectivity index (χ1v) is 11.1. The Balaban J connectivity index is 1.57. The standard InChI is InChI=1S/C25H36N4O3/c1-18-13-20(11-12-29(18)17-19-9-7-6-8-10-19)28-25(26-2)27-16-22-23(31-4)14-21(30-3)15-24(22)32-5/h6-10,14-15,18,20H,11-13,16-17H2,1-5H3,(H2,26,27,28). The fourth-order valence-corrected chi connectivity index (χ4v) is 4.22. The molecule has 174 valence electrons. The van der Waals surface area contributed by atoms with E-state index in [1.54, 1.807) is 28.4 Å². The SMILES string of the molecule is CN=C(NCc1c(OC)cc(OC)cc1OC)NC1CCN(Cc2ccccc2)C(C)C1. The van der Waals surface area contributed by atoms with E-state index in [0.717, 1.165) is 37.5 Å². The van der Waals surface area contributed by atoms with Gasteiger partial charge in [0.05, 0.1) is 33.4 Å². The van der Waals surface area contributed by atoms with E-state index in [-0.39, 0.29) is 0 Å². The minimum atomic E-state index is 0.378. The van der Waals surface area contributed by atoms with Crippen molar-refractivity contribution in [2.75, 3.05) is 34.9 Å². The largest absolute Gasteiger partial charge is 0.496 e. The maximum atomic E-state index is 5.56. The zero-order valence-electron chi connectivity index (χ0n) is 19.9. The number of nitrogens with zero attached hydrogens (tertiary/aromatic N) is 2. The molecule has 2 N–H and O–H groups in total. The zero-order valence-corrected chi connectivity index (χ0v) is 19.9. The monoisotopic (exact) mass is 440 g/mol. The lowest BCUT2D eigenvalue weighted by Crippen LogP contribution is -2.51. The first kappa shape index (κ1) is 23.7. The Morgan fingerprint density at radius 1 is 1.06 bits per heavy atom. The normalized spacial score (nSPS) is 19.3. The number of nitrogens with one attached hydrogen (secondary N) is 2. The summed E-state index contributed by atoms with van der Waals surface area (Å²) in [4.78, 5) is 6.98. The number of rotatable bonds is 8. The molecule has 0 aliphatic carbocycles. The minimum absolute atomic E-state index is 0.378. The molecule has 7 heteroatoms. The number of hydrogen-bond acceptors (Lipinski definition) is 5. The van der Waals surface area contributed by atoms with Crippen molar-refractivity contribution in [3.63, 3.8) is 0 Å². The van der Waals surface area contributed by atoms with Gasteiger partial charge in [0.15, 0.2) is 5.96 Å². The van der Waals surface area contributed by atoms with Crippen LogP contribution in [0.25, 0.3) is 0 Å². The van der Waals surface area contributed by atoms with E-state index in [2.05, 4.69) is 57.8 Å². The molecule has 0 saturated carbocycles. The van der Waals surface area contributed by atoms with Gasteiger partial charge in [-0.1, -0.05) is 30.3 Å². The van der Waals surface area contributed by atoms with Crippen molar-refractivity contribution in [3.05, 3.63) is 53.6 Å². The number of methoxy groups -OCH3 is 3. The molecule has 0 spiro atoms. The van der Waals surface area contributed by atoms with Crippen molar-refractivity contribution in [2.24, 2.45) is 4.99 Å². The Labute approximate surface area is 191 Å². The van der Waals surface area contributed by atoms with Crippen LogP contribution in [0.15, 0.2) is 47.5 Å². The third-order valence-electron chi connectivity index (χ3n) is 6.06. The molecule has 1 aliphatic heterocycles. The highest BCUT2D eigenvalue weighted by Crippen LogP contribution is 2.33. The Bertz CT molecular complexity index is 863. The van der Waals surface area contributed by atoms with Gasteiger partial charge in [-0.3, -0.25) is 9.89 Å². The third-order valence-corrected chi connectivity index (χ3v) is 6.06. The molecular weight excluding hydrogens is 404 g/mol. The summed E-state index contributed by atoms with van der Waals surface area (Å²) in [5.74, 6) is 2.90. The first-order chi connectivity index (χ1) is 15.6.